The quantitative estimate of drug-likeness (QED) is 0.670. The van der Waals surface area contributed by atoms with Crippen molar-refractivity contribution < 1.29 is 19.1 Å². The molecule has 0 aromatic heterocycles. The van der Waals surface area contributed by atoms with Crippen LogP contribution < -0.4 is 20.1 Å². The summed E-state index contributed by atoms with van der Waals surface area (Å²) >= 11 is 0. The molecule has 1 heterocycles. The van der Waals surface area contributed by atoms with E-state index < -0.39 is 0 Å². The molecule has 1 aliphatic rings. The van der Waals surface area contributed by atoms with Crippen LogP contribution in [-0.2, 0) is 4.79 Å². The summed E-state index contributed by atoms with van der Waals surface area (Å²) in [6.07, 6.45) is 0.930. The van der Waals surface area contributed by atoms with Crippen LogP contribution in [0.3, 0.4) is 0 Å². The monoisotopic (exact) mass is 396 g/mol. The molecule has 0 spiro atoms. The van der Waals surface area contributed by atoms with Crippen LogP contribution in [0.25, 0.3) is 0 Å². The predicted molar refractivity (Wildman–Crippen MR) is 111 cm³/mol. The molecular weight excluding hydrogens is 368 g/mol. The number of hydrogen-bond donors (Lipinski definition) is 2. The Balaban J connectivity index is 1.49. The largest absolute Gasteiger partial charge is 0.486 e. The van der Waals surface area contributed by atoms with Crippen LogP contribution in [0, 0.1) is 5.92 Å². The Labute approximate surface area is 171 Å². The van der Waals surface area contributed by atoms with Gasteiger partial charge < -0.3 is 20.1 Å². The Morgan fingerprint density at radius 2 is 1.72 bits per heavy atom. The zero-order chi connectivity index (χ0) is 20.6. The Morgan fingerprint density at radius 1 is 1.00 bits per heavy atom. The maximum atomic E-state index is 12.5. The lowest BCUT2D eigenvalue weighted by molar-refractivity contribution is -0.122. The van der Waals surface area contributed by atoms with E-state index >= 15 is 0 Å². The van der Waals surface area contributed by atoms with Gasteiger partial charge in [0.1, 0.15) is 13.2 Å². The number of carbonyl (C=O) groups is 2. The maximum absolute atomic E-state index is 12.5. The van der Waals surface area contributed by atoms with E-state index in [2.05, 4.69) is 24.5 Å². The number of amides is 2. The van der Waals surface area contributed by atoms with E-state index in [9.17, 15) is 9.59 Å². The minimum atomic E-state index is -0.123. The number of carbonyl (C=O) groups excluding carboxylic acids is 2. The first-order valence-corrected chi connectivity index (χ1v) is 10.1. The Morgan fingerprint density at radius 3 is 2.45 bits per heavy atom. The summed E-state index contributed by atoms with van der Waals surface area (Å²) in [4.78, 5) is 24.5. The van der Waals surface area contributed by atoms with Crippen molar-refractivity contribution in [3.63, 3.8) is 0 Å². The molecule has 29 heavy (non-hydrogen) atoms. The van der Waals surface area contributed by atoms with Crippen LogP contribution in [0.4, 0.5) is 0 Å². The molecular formula is C23H28N2O4. The third-order valence-corrected chi connectivity index (χ3v) is 4.81. The summed E-state index contributed by atoms with van der Waals surface area (Å²) in [5.74, 6) is 1.52. The third-order valence-electron chi connectivity index (χ3n) is 4.81. The van der Waals surface area contributed by atoms with Crippen molar-refractivity contribution in [3.8, 4) is 11.5 Å². The van der Waals surface area contributed by atoms with Gasteiger partial charge in [0.15, 0.2) is 11.5 Å². The highest BCUT2D eigenvalue weighted by Crippen LogP contribution is 2.34. The van der Waals surface area contributed by atoms with Gasteiger partial charge in [0.25, 0.3) is 5.91 Å². The van der Waals surface area contributed by atoms with Crippen LogP contribution in [0.15, 0.2) is 48.5 Å². The lowest BCUT2D eigenvalue weighted by Gasteiger charge is -2.25. The van der Waals surface area contributed by atoms with Crippen molar-refractivity contribution in [1.82, 2.24) is 10.6 Å². The number of fused-ring (bicyclic) bond motifs is 1. The molecule has 2 N–H and O–H groups in total. The highest BCUT2D eigenvalue weighted by molar-refractivity contribution is 5.94. The van der Waals surface area contributed by atoms with Gasteiger partial charge in [-0.1, -0.05) is 38.1 Å². The highest BCUT2D eigenvalue weighted by Gasteiger charge is 2.21. The van der Waals surface area contributed by atoms with Crippen molar-refractivity contribution in [2.24, 2.45) is 5.92 Å². The van der Waals surface area contributed by atoms with Crippen molar-refractivity contribution >= 4 is 11.8 Å². The molecule has 2 amide bonds. The summed E-state index contributed by atoms with van der Waals surface area (Å²) in [5, 5.41) is 5.96. The maximum Gasteiger partial charge on any atom is 0.251 e. The SMILES string of the molecule is CC(C)C(NC(=O)CCCNC(=O)c1ccccc1)c1ccc2c(c1)OCCO2. The topological polar surface area (TPSA) is 76.7 Å². The number of ether oxygens (including phenoxy) is 2. The molecule has 0 radical (unpaired) electrons. The van der Waals surface area contributed by atoms with E-state index in [-0.39, 0.29) is 23.8 Å². The third kappa shape index (κ3) is 5.73. The van der Waals surface area contributed by atoms with Crippen LogP contribution in [-0.4, -0.2) is 31.6 Å². The first kappa shape index (κ1) is 20.7. The van der Waals surface area contributed by atoms with Gasteiger partial charge in [0.2, 0.25) is 5.91 Å². The first-order chi connectivity index (χ1) is 14.0. The zero-order valence-electron chi connectivity index (χ0n) is 16.9. The van der Waals surface area contributed by atoms with Gasteiger partial charge in [-0.3, -0.25) is 9.59 Å². The molecule has 0 fully saturated rings. The number of rotatable bonds is 8. The number of nitrogens with one attached hydrogen (secondary N) is 2. The van der Waals surface area contributed by atoms with Crippen LogP contribution in [0.1, 0.15) is 48.7 Å². The Kier molecular flexibility index (Phi) is 7.11. The second kappa shape index (κ2) is 9.96. The Bertz CT molecular complexity index is 836. The Hall–Kier alpha value is -3.02. The summed E-state index contributed by atoms with van der Waals surface area (Å²) in [6.45, 7) is 5.68. The normalized spacial score (nSPS) is 13.6. The van der Waals surface area contributed by atoms with Gasteiger partial charge in [-0.2, -0.15) is 0 Å². The standard InChI is InChI=1S/C23H28N2O4/c1-16(2)22(18-10-11-19-20(15-18)29-14-13-28-19)25-21(26)9-6-12-24-23(27)17-7-4-3-5-8-17/h3-5,7-8,10-11,15-16,22H,6,9,12-14H2,1-2H3,(H,24,27)(H,25,26). The fourth-order valence-corrected chi connectivity index (χ4v) is 3.28. The van der Waals surface area contributed by atoms with Crippen LogP contribution >= 0.6 is 0 Å². The molecule has 6 heteroatoms. The molecule has 2 aromatic rings. The molecule has 1 atom stereocenters. The van der Waals surface area contributed by atoms with E-state index in [1.54, 1.807) is 12.1 Å². The average molecular weight is 396 g/mol. The summed E-state index contributed by atoms with van der Waals surface area (Å²) in [7, 11) is 0. The zero-order valence-corrected chi connectivity index (χ0v) is 16.9. The van der Waals surface area contributed by atoms with E-state index in [1.165, 1.54) is 0 Å². The molecule has 6 nitrogen and oxygen atoms in total. The molecule has 0 saturated carbocycles. The first-order valence-electron chi connectivity index (χ1n) is 10.1. The van der Waals surface area contributed by atoms with Crippen LogP contribution in [0.5, 0.6) is 11.5 Å². The number of hydrogen-bond acceptors (Lipinski definition) is 4. The van der Waals surface area contributed by atoms with Crippen molar-refractivity contribution in [1.29, 1.82) is 0 Å². The second-order valence-electron chi connectivity index (χ2n) is 7.42. The molecule has 3 rings (SSSR count). The van der Waals surface area contributed by atoms with E-state index in [4.69, 9.17) is 9.47 Å². The molecule has 1 unspecified atom stereocenters. The minimum Gasteiger partial charge on any atom is -0.486 e. The fourth-order valence-electron chi connectivity index (χ4n) is 3.28. The predicted octanol–water partition coefficient (Wildman–Crippen LogP) is 3.48. The van der Waals surface area contributed by atoms with E-state index in [0.717, 1.165) is 17.1 Å². The average Bonchev–Trinajstić information content (AvgIpc) is 2.75. The lowest BCUT2D eigenvalue weighted by Crippen LogP contribution is -2.32. The van der Waals surface area contributed by atoms with Gasteiger partial charge >= 0.3 is 0 Å². The van der Waals surface area contributed by atoms with E-state index in [1.807, 2.05) is 36.4 Å². The fraction of sp³-hybridized carbons (Fsp3) is 0.391. The summed E-state index contributed by atoms with van der Waals surface area (Å²) < 4.78 is 11.2. The van der Waals surface area contributed by atoms with Crippen molar-refractivity contribution in [3.05, 3.63) is 59.7 Å². The van der Waals surface area contributed by atoms with Gasteiger partial charge in [0.05, 0.1) is 6.04 Å². The molecule has 2 aromatic carbocycles. The molecule has 154 valence electrons. The van der Waals surface area contributed by atoms with Gasteiger partial charge in [0, 0.05) is 18.5 Å². The molecule has 0 bridgehead atoms. The highest BCUT2D eigenvalue weighted by atomic mass is 16.6. The van der Waals surface area contributed by atoms with Gasteiger partial charge in [-0.05, 0) is 42.2 Å². The summed E-state index contributed by atoms with van der Waals surface area (Å²) in [5.41, 5.74) is 1.62. The van der Waals surface area contributed by atoms with Crippen molar-refractivity contribution in [2.45, 2.75) is 32.7 Å². The number of benzene rings is 2. The molecule has 0 saturated heterocycles. The second-order valence-corrected chi connectivity index (χ2v) is 7.42. The van der Waals surface area contributed by atoms with Gasteiger partial charge in [-0.25, -0.2) is 0 Å². The smallest absolute Gasteiger partial charge is 0.251 e. The summed E-state index contributed by atoms with van der Waals surface area (Å²) in [6, 6.07) is 14.7. The minimum absolute atomic E-state index is 0.0347. The molecule has 0 aliphatic carbocycles. The lowest BCUT2D eigenvalue weighted by atomic mass is 9.95. The van der Waals surface area contributed by atoms with E-state index in [0.29, 0.717) is 38.2 Å². The van der Waals surface area contributed by atoms with Crippen LogP contribution in [0.2, 0.25) is 0 Å². The van der Waals surface area contributed by atoms with Crippen molar-refractivity contribution in [2.75, 3.05) is 19.8 Å². The molecule has 1 aliphatic heterocycles. The van der Waals surface area contributed by atoms with Gasteiger partial charge in [-0.15, -0.1) is 0 Å².